The van der Waals surface area contributed by atoms with Crippen LogP contribution in [0, 0.1) is 5.82 Å². The van der Waals surface area contributed by atoms with Crippen LogP contribution in [-0.4, -0.2) is 33.6 Å². The molecule has 0 atom stereocenters. The fraction of sp³-hybridized carbons (Fsp3) is 0.417. The molecule has 0 aliphatic heterocycles. The van der Waals surface area contributed by atoms with Crippen LogP contribution in [-0.2, 0) is 13.8 Å². The Morgan fingerprint density at radius 3 is 2.48 bits per heavy atom. The van der Waals surface area contributed by atoms with E-state index in [4.69, 9.17) is 27.0 Å². The zero-order valence-electron chi connectivity index (χ0n) is 11.5. The van der Waals surface area contributed by atoms with Crippen molar-refractivity contribution in [2.24, 2.45) is 0 Å². The van der Waals surface area contributed by atoms with Gasteiger partial charge in [-0.25, -0.2) is 12.8 Å². The first kappa shape index (κ1) is 18.2. The molecule has 0 aliphatic carbocycles. The van der Waals surface area contributed by atoms with Crippen LogP contribution in [0.1, 0.15) is 24.2 Å². The van der Waals surface area contributed by atoms with Crippen LogP contribution < -0.4 is 5.32 Å². The number of amides is 1. The molecule has 0 saturated heterocycles. The maximum Gasteiger partial charge on any atom is 0.264 e. The minimum atomic E-state index is -4.36. The van der Waals surface area contributed by atoms with Gasteiger partial charge in [-0.2, -0.15) is 0 Å². The van der Waals surface area contributed by atoms with Gasteiger partial charge in [-0.05, 0) is 26.0 Å². The van der Waals surface area contributed by atoms with E-state index in [1.165, 1.54) is 7.11 Å². The second-order valence-electron chi connectivity index (χ2n) is 4.97. The number of ether oxygens (including phenoxy) is 1. The van der Waals surface area contributed by atoms with Crippen LogP contribution in [0.2, 0.25) is 5.02 Å². The summed E-state index contributed by atoms with van der Waals surface area (Å²) in [4.78, 5) is 11.2. The fourth-order valence-electron chi connectivity index (χ4n) is 1.68. The molecular weight excluding hydrogens is 344 g/mol. The van der Waals surface area contributed by atoms with E-state index in [0.717, 1.165) is 12.1 Å². The highest BCUT2D eigenvalue weighted by Crippen LogP contribution is 2.26. The Balaban J connectivity index is 3.26. The van der Waals surface area contributed by atoms with Crippen molar-refractivity contribution in [3.63, 3.8) is 0 Å². The zero-order valence-corrected chi connectivity index (χ0v) is 13.9. The first-order chi connectivity index (χ1) is 9.48. The zero-order chi connectivity index (χ0) is 16.4. The van der Waals surface area contributed by atoms with Crippen molar-refractivity contribution >= 4 is 37.2 Å². The standard InChI is InChI=1S/C12H14Cl2FNO4S/c1-12(2,6-20-3)16-11(17)8-4-7(13)5-9(10(8)15)21(14,18)19/h4-5H,6H2,1-3H3,(H,16,17). The lowest BCUT2D eigenvalue weighted by atomic mass is 10.1. The third-order valence-corrected chi connectivity index (χ3v) is 4.01. The quantitative estimate of drug-likeness (QED) is 0.822. The van der Waals surface area contributed by atoms with Crippen LogP contribution >= 0.6 is 22.3 Å². The van der Waals surface area contributed by atoms with E-state index in [1.807, 2.05) is 0 Å². The Morgan fingerprint density at radius 2 is 2.00 bits per heavy atom. The van der Waals surface area contributed by atoms with E-state index < -0.39 is 36.8 Å². The summed E-state index contributed by atoms with van der Waals surface area (Å²) < 4.78 is 41.6. The molecule has 1 amide bonds. The van der Waals surface area contributed by atoms with Crippen LogP contribution in [0.25, 0.3) is 0 Å². The number of benzene rings is 1. The molecular formula is C12H14Cl2FNO4S. The third kappa shape index (κ3) is 4.81. The summed E-state index contributed by atoms with van der Waals surface area (Å²) >= 11 is 5.71. The van der Waals surface area contributed by atoms with Gasteiger partial charge in [0.2, 0.25) is 0 Å². The van der Waals surface area contributed by atoms with Gasteiger partial charge in [-0.15, -0.1) is 0 Å². The number of hydrogen-bond acceptors (Lipinski definition) is 4. The summed E-state index contributed by atoms with van der Waals surface area (Å²) in [5, 5.41) is 2.40. The Labute approximate surface area is 131 Å². The first-order valence-corrected chi connectivity index (χ1v) is 8.42. The number of methoxy groups -OCH3 is 1. The van der Waals surface area contributed by atoms with Gasteiger partial charge in [-0.1, -0.05) is 11.6 Å². The molecule has 0 aliphatic rings. The molecule has 0 saturated carbocycles. The number of hydrogen-bond donors (Lipinski definition) is 1. The molecule has 0 spiro atoms. The molecule has 1 rings (SSSR count). The van der Waals surface area contributed by atoms with E-state index in [9.17, 15) is 17.6 Å². The molecule has 21 heavy (non-hydrogen) atoms. The van der Waals surface area contributed by atoms with Crippen LogP contribution in [0.3, 0.4) is 0 Å². The predicted octanol–water partition coefficient (Wildman–Crippen LogP) is 2.56. The topological polar surface area (TPSA) is 72.5 Å². The lowest BCUT2D eigenvalue weighted by molar-refractivity contribution is 0.0815. The van der Waals surface area contributed by atoms with Crippen molar-refractivity contribution in [2.45, 2.75) is 24.3 Å². The normalized spacial score (nSPS) is 12.3. The minimum Gasteiger partial charge on any atom is -0.382 e. The Kier molecular flexibility index (Phi) is 5.60. The lowest BCUT2D eigenvalue weighted by Gasteiger charge is -2.25. The molecule has 1 aromatic rings. The molecule has 0 radical (unpaired) electrons. The number of rotatable bonds is 5. The van der Waals surface area contributed by atoms with Gasteiger partial charge in [0, 0.05) is 22.8 Å². The summed E-state index contributed by atoms with van der Waals surface area (Å²) in [6.45, 7) is 3.51. The maximum absolute atomic E-state index is 14.1. The van der Waals surface area contributed by atoms with Crippen molar-refractivity contribution < 1.29 is 22.3 Å². The minimum absolute atomic E-state index is 0.120. The largest absolute Gasteiger partial charge is 0.382 e. The fourth-order valence-corrected chi connectivity index (χ4v) is 2.89. The molecule has 118 valence electrons. The Hall–Kier alpha value is -0.890. The van der Waals surface area contributed by atoms with Gasteiger partial charge in [0.05, 0.1) is 17.7 Å². The highest BCUT2D eigenvalue weighted by atomic mass is 35.7. The van der Waals surface area contributed by atoms with E-state index in [0.29, 0.717) is 0 Å². The first-order valence-electron chi connectivity index (χ1n) is 5.73. The van der Waals surface area contributed by atoms with E-state index in [2.05, 4.69) is 5.32 Å². The maximum atomic E-state index is 14.1. The molecule has 0 fully saturated rings. The van der Waals surface area contributed by atoms with Gasteiger partial charge in [0.15, 0.2) is 5.82 Å². The van der Waals surface area contributed by atoms with E-state index in [1.54, 1.807) is 13.8 Å². The predicted molar refractivity (Wildman–Crippen MR) is 77.9 cm³/mol. The van der Waals surface area contributed by atoms with Crippen molar-refractivity contribution in [2.75, 3.05) is 13.7 Å². The summed E-state index contributed by atoms with van der Waals surface area (Å²) in [5.41, 5.74) is -1.29. The summed E-state index contributed by atoms with van der Waals surface area (Å²) in [7, 11) is 2.21. The number of nitrogens with one attached hydrogen (secondary N) is 1. The van der Waals surface area contributed by atoms with Crippen molar-refractivity contribution in [3.8, 4) is 0 Å². The number of carbonyl (C=O) groups excluding carboxylic acids is 1. The molecule has 1 N–H and O–H groups in total. The molecule has 1 aromatic carbocycles. The third-order valence-electron chi connectivity index (χ3n) is 2.47. The molecule has 0 unspecified atom stereocenters. The van der Waals surface area contributed by atoms with Crippen molar-refractivity contribution in [1.29, 1.82) is 0 Å². The lowest BCUT2D eigenvalue weighted by Crippen LogP contribution is -2.47. The second-order valence-corrected chi connectivity index (χ2v) is 7.95. The van der Waals surface area contributed by atoms with E-state index >= 15 is 0 Å². The molecule has 0 bridgehead atoms. The summed E-state index contributed by atoms with van der Waals surface area (Å²) in [6, 6.07) is 1.87. The highest BCUT2D eigenvalue weighted by molar-refractivity contribution is 8.13. The highest BCUT2D eigenvalue weighted by Gasteiger charge is 2.27. The van der Waals surface area contributed by atoms with Crippen LogP contribution in [0.4, 0.5) is 4.39 Å². The van der Waals surface area contributed by atoms with Crippen LogP contribution in [0.5, 0.6) is 0 Å². The SMILES string of the molecule is COCC(C)(C)NC(=O)c1cc(Cl)cc(S(=O)(=O)Cl)c1F. The smallest absolute Gasteiger partial charge is 0.264 e. The average Bonchev–Trinajstić information content (AvgIpc) is 2.29. The molecule has 0 heterocycles. The van der Waals surface area contributed by atoms with Gasteiger partial charge < -0.3 is 10.1 Å². The van der Waals surface area contributed by atoms with E-state index in [-0.39, 0.29) is 11.6 Å². The molecule has 9 heteroatoms. The number of carbonyl (C=O) groups is 1. The van der Waals surface area contributed by atoms with Crippen molar-refractivity contribution in [3.05, 3.63) is 28.5 Å². The van der Waals surface area contributed by atoms with Crippen LogP contribution in [0.15, 0.2) is 17.0 Å². The van der Waals surface area contributed by atoms with Crippen molar-refractivity contribution in [1.82, 2.24) is 5.32 Å². The van der Waals surface area contributed by atoms with Gasteiger partial charge in [0.25, 0.3) is 15.0 Å². The average molecular weight is 358 g/mol. The Bertz CT molecular complexity index is 661. The van der Waals surface area contributed by atoms with Gasteiger partial charge in [0.1, 0.15) is 4.90 Å². The summed E-state index contributed by atoms with van der Waals surface area (Å²) in [6.07, 6.45) is 0. The Morgan fingerprint density at radius 1 is 1.43 bits per heavy atom. The number of halogens is 3. The summed E-state index contributed by atoms with van der Waals surface area (Å²) in [5.74, 6) is -2.07. The van der Waals surface area contributed by atoms with Gasteiger partial charge in [-0.3, -0.25) is 4.79 Å². The molecule has 5 nitrogen and oxygen atoms in total. The monoisotopic (exact) mass is 357 g/mol. The second kappa shape index (κ2) is 6.48. The van der Waals surface area contributed by atoms with Gasteiger partial charge >= 0.3 is 0 Å². The molecule has 0 aromatic heterocycles.